The maximum Gasteiger partial charge on any atom is 0.356 e. The second-order valence-corrected chi connectivity index (χ2v) is 5.73. The first kappa shape index (κ1) is 22.0. The van der Waals surface area contributed by atoms with Crippen LogP contribution >= 0.6 is 0 Å². The number of amides is 2. The number of ether oxygens (including phenoxy) is 2. The molecule has 10 heteroatoms. The molecule has 0 unspecified atom stereocenters. The monoisotopic (exact) mass is 410 g/mol. The molecule has 0 spiro atoms. The van der Waals surface area contributed by atoms with E-state index >= 15 is 0 Å². The predicted molar refractivity (Wildman–Crippen MR) is 108 cm³/mol. The van der Waals surface area contributed by atoms with Gasteiger partial charge in [0.25, 0.3) is 0 Å². The van der Waals surface area contributed by atoms with Gasteiger partial charge in [-0.05, 0) is 12.1 Å². The Kier molecular flexibility index (Phi) is 7.12. The van der Waals surface area contributed by atoms with Crippen LogP contribution < -0.4 is 10.6 Å². The van der Waals surface area contributed by atoms with Crippen LogP contribution in [0.4, 0.5) is 11.4 Å². The molecular weight excluding hydrogens is 392 g/mol. The standard InChI is InChI=1S/C20H18N4O6/c1-29-19(27)15(21)11-7-3-5-9-13(11)23-17(25)18(26)24-14-10-6-4-8-12(14)16(22)20(28)30-2/h3-10,21-22H,1-2H3,(H,23,25)(H,24,26). The number of nitrogens with one attached hydrogen (secondary N) is 4. The molecule has 0 radical (unpaired) electrons. The Labute approximate surface area is 171 Å². The third-order valence-corrected chi connectivity index (χ3v) is 3.87. The minimum absolute atomic E-state index is 0.0589. The predicted octanol–water partition coefficient (Wildman–Crippen LogP) is 1.35. The van der Waals surface area contributed by atoms with Gasteiger partial charge in [-0.2, -0.15) is 0 Å². The van der Waals surface area contributed by atoms with Gasteiger partial charge in [-0.3, -0.25) is 20.4 Å². The van der Waals surface area contributed by atoms with Crippen LogP contribution in [0.25, 0.3) is 0 Å². The van der Waals surface area contributed by atoms with Crippen LogP contribution in [0.2, 0.25) is 0 Å². The molecule has 0 saturated heterocycles. The molecule has 30 heavy (non-hydrogen) atoms. The van der Waals surface area contributed by atoms with E-state index in [1.54, 1.807) is 24.3 Å². The van der Waals surface area contributed by atoms with Crippen LogP contribution in [0.3, 0.4) is 0 Å². The fourth-order valence-corrected chi connectivity index (χ4v) is 2.40. The quantitative estimate of drug-likeness (QED) is 0.320. The first-order chi connectivity index (χ1) is 14.3. The lowest BCUT2D eigenvalue weighted by atomic mass is 10.1. The zero-order valence-corrected chi connectivity index (χ0v) is 16.1. The molecule has 0 atom stereocenters. The average molecular weight is 410 g/mol. The summed E-state index contributed by atoms with van der Waals surface area (Å²) in [5.41, 5.74) is -0.736. The molecule has 0 fully saturated rings. The summed E-state index contributed by atoms with van der Waals surface area (Å²) in [7, 11) is 2.24. The summed E-state index contributed by atoms with van der Waals surface area (Å²) in [6, 6.07) is 11.9. The number of esters is 2. The molecule has 154 valence electrons. The molecule has 0 aromatic heterocycles. The summed E-state index contributed by atoms with van der Waals surface area (Å²) in [5.74, 6) is -3.98. The van der Waals surface area contributed by atoms with Gasteiger partial charge in [0.1, 0.15) is 11.4 Å². The van der Waals surface area contributed by atoms with Gasteiger partial charge in [0.2, 0.25) is 0 Å². The summed E-state index contributed by atoms with van der Waals surface area (Å²) in [6.07, 6.45) is 0. The molecule has 10 nitrogen and oxygen atoms in total. The largest absolute Gasteiger partial charge is 0.464 e. The van der Waals surface area contributed by atoms with E-state index in [0.717, 1.165) is 14.2 Å². The van der Waals surface area contributed by atoms with Gasteiger partial charge in [-0.15, -0.1) is 0 Å². The summed E-state index contributed by atoms with van der Waals surface area (Å²) in [6.45, 7) is 0. The topological polar surface area (TPSA) is 158 Å². The van der Waals surface area contributed by atoms with Crippen LogP contribution in [-0.2, 0) is 28.7 Å². The maximum absolute atomic E-state index is 12.3. The number of methoxy groups -OCH3 is 2. The minimum Gasteiger partial charge on any atom is -0.464 e. The highest BCUT2D eigenvalue weighted by Crippen LogP contribution is 2.18. The normalized spacial score (nSPS) is 9.80. The fourth-order valence-electron chi connectivity index (χ4n) is 2.40. The molecule has 2 amide bonds. The van der Waals surface area contributed by atoms with Gasteiger partial charge in [-0.1, -0.05) is 36.4 Å². The van der Waals surface area contributed by atoms with Crippen LogP contribution in [0.5, 0.6) is 0 Å². The van der Waals surface area contributed by atoms with Crippen molar-refractivity contribution >= 4 is 46.6 Å². The van der Waals surface area contributed by atoms with Gasteiger partial charge in [-0.25, -0.2) is 9.59 Å². The SMILES string of the molecule is COC(=O)C(=N)c1ccccc1NC(=O)C(=O)Nc1ccccc1C(=N)C(=O)OC. The lowest BCUT2D eigenvalue weighted by molar-refractivity contribution is -0.133. The van der Waals surface area contributed by atoms with Gasteiger partial charge in [0.15, 0.2) is 0 Å². The van der Waals surface area contributed by atoms with Gasteiger partial charge < -0.3 is 20.1 Å². The number of carbonyl (C=O) groups is 4. The van der Waals surface area contributed by atoms with E-state index in [4.69, 9.17) is 10.8 Å². The van der Waals surface area contributed by atoms with E-state index in [9.17, 15) is 19.2 Å². The van der Waals surface area contributed by atoms with Crippen LogP contribution in [0.15, 0.2) is 48.5 Å². The van der Waals surface area contributed by atoms with Crippen molar-refractivity contribution in [2.45, 2.75) is 0 Å². The van der Waals surface area contributed by atoms with E-state index < -0.39 is 35.2 Å². The molecule has 2 rings (SSSR count). The third-order valence-electron chi connectivity index (χ3n) is 3.87. The molecule has 4 N–H and O–H groups in total. The smallest absolute Gasteiger partial charge is 0.356 e. The number of hydrogen-bond donors (Lipinski definition) is 4. The lowest BCUT2D eigenvalue weighted by Gasteiger charge is -2.13. The van der Waals surface area contributed by atoms with E-state index in [2.05, 4.69) is 20.1 Å². The van der Waals surface area contributed by atoms with E-state index in [1.807, 2.05) is 0 Å². The highest BCUT2D eigenvalue weighted by atomic mass is 16.5. The molecule has 0 bridgehead atoms. The highest BCUT2D eigenvalue weighted by Gasteiger charge is 2.22. The Hall–Kier alpha value is -4.34. The zero-order valence-electron chi connectivity index (χ0n) is 16.1. The second-order valence-electron chi connectivity index (χ2n) is 5.73. The van der Waals surface area contributed by atoms with Gasteiger partial charge >= 0.3 is 23.8 Å². The molecule has 0 saturated carbocycles. The van der Waals surface area contributed by atoms with E-state index in [0.29, 0.717) is 0 Å². The lowest BCUT2D eigenvalue weighted by Crippen LogP contribution is -2.31. The Morgan fingerprint density at radius 2 is 1.00 bits per heavy atom. The van der Waals surface area contributed by atoms with Crippen LogP contribution in [0.1, 0.15) is 11.1 Å². The summed E-state index contributed by atoms with van der Waals surface area (Å²) < 4.78 is 9.01. The van der Waals surface area contributed by atoms with Crippen molar-refractivity contribution < 1.29 is 28.7 Å². The first-order valence-corrected chi connectivity index (χ1v) is 8.45. The third kappa shape index (κ3) is 4.93. The summed E-state index contributed by atoms with van der Waals surface area (Å²) in [4.78, 5) is 47.9. The van der Waals surface area contributed by atoms with Crippen molar-refractivity contribution in [3.63, 3.8) is 0 Å². The van der Waals surface area contributed by atoms with Crippen LogP contribution in [-0.4, -0.2) is 49.4 Å². The van der Waals surface area contributed by atoms with Crippen molar-refractivity contribution in [2.24, 2.45) is 0 Å². The Bertz CT molecular complexity index is 964. The fraction of sp³-hybridized carbons (Fsp3) is 0.100. The molecule has 2 aromatic rings. The average Bonchev–Trinajstić information content (AvgIpc) is 2.77. The summed E-state index contributed by atoms with van der Waals surface area (Å²) in [5, 5.41) is 20.4. The second kappa shape index (κ2) is 9.73. The number of anilines is 2. The highest BCUT2D eigenvalue weighted by molar-refractivity contribution is 6.47. The minimum atomic E-state index is -1.08. The Balaban J connectivity index is 2.21. The molecule has 0 aliphatic heterocycles. The van der Waals surface area contributed by atoms with Crippen molar-refractivity contribution in [3.8, 4) is 0 Å². The number of rotatable bonds is 6. The zero-order chi connectivity index (χ0) is 22.3. The first-order valence-electron chi connectivity index (χ1n) is 8.45. The van der Waals surface area contributed by atoms with Crippen LogP contribution in [0, 0.1) is 10.8 Å². The van der Waals surface area contributed by atoms with E-state index in [1.165, 1.54) is 24.3 Å². The van der Waals surface area contributed by atoms with Crippen molar-refractivity contribution in [3.05, 3.63) is 59.7 Å². The van der Waals surface area contributed by atoms with Crippen molar-refractivity contribution in [1.29, 1.82) is 10.8 Å². The molecule has 0 aliphatic rings. The van der Waals surface area contributed by atoms with Crippen molar-refractivity contribution in [2.75, 3.05) is 24.9 Å². The number of hydrogen-bond acceptors (Lipinski definition) is 8. The van der Waals surface area contributed by atoms with E-state index in [-0.39, 0.29) is 22.5 Å². The Morgan fingerprint density at radius 3 is 1.33 bits per heavy atom. The van der Waals surface area contributed by atoms with Crippen molar-refractivity contribution in [1.82, 2.24) is 0 Å². The maximum atomic E-state index is 12.3. The summed E-state index contributed by atoms with van der Waals surface area (Å²) >= 11 is 0. The molecule has 2 aromatic carbocycles. The Morgan fingerprint density at radius 1 is 0.667 bits per heavy atom. The number of benzene rings is 2. The number of para-hydroxylation sites is 2. The van der Waals surface area contributed by atoms with Gasteiger partial charge in [0.05, 0.1) is 25.6 Å². The molecular formula is C20H18N4O6. The molecule has 0 heterocycles. The van der Waals surface area contributed by atoms with Gasteiger partial charge in [0, 0.05) is 11.1 Å². The molecule has 0 aliphatic carbocycles. The number of carbonyl (C=O) groups excluding carboxylic acids is 4.